The van der Waals surface area contributed by atoms with Crippen molar-refractivity contribution in [2.45, 2.75) is 44.3 Å². The van der Waals surface area contributed by atoms with Crippen LogP contribution in [0.1, 0.15) is 52.4 Å². The first-order valence-electron chi connectivity index (χ1n) is 10.2. The molecule has 2 unspecified atom stereocenters. The number of ether oxygens (including phenoxy) is 1. The van der Waals surface area contributed by atoms with Gasteiger partial charge >= 0.3 is 0 Å². The van der Waals surface area contributed by atoms with Gasteiger partial charge in [-0.25, -0.2) is 0 Å². The largest absolute Gasteiger partial charge is 0.389 e. The molecule has 2 aromatic carbocycles. The van der Waals surface area contributed by atoms with Crippen LogP contribution in [0.15, 0.2) is 42.5 Å². The van der Waals surface area contributed by atoms with Gasteiger partial charge < -0.3 is 20.5 Å². The van der Waals surface area contributed by atoms with Crippen LogP contribution in [0, 0.1) is 0 Å². The van der Waals surface area contributed by atoms with Crippen molar-refractivity contribution in [3.05, 3.63) is 64.7 Å². The van der Waals surface area contributed by atoms with E-state index in [9.17, 15) is 9.90 Å². The molecular weight excluding hydrogens is 352 g/mol. The standard InChI is InChI=1S/C23H28N2O3/c24-23(27)20-9-4-11-21-19(20)10-5-13-25(21)14-17(26)15-28-22-12-3-7-16-6-1-2-8-18(16)22/h1-2,4,6,8-9,11,17,22,26H,3,5,7,10,12-15H2,(H2,24,27). The van der Waals surface area contributed by atoms with Crippen molar-refractivity contribution in [2.24, 2.45) is 5.73 Å². The summed E-state index contributed by atoms with van der Waals surface area (Å²) in [6, 6.07) is 14.1. The van der Waals surface area contributed by atoms with Crippen LogP contribution in [0.5, 0.6) is 0 Å². The number of carbonyl (C=O) groups excluding carboxylic acids is 1. The lowest BCUT2D eigenvalue weighted by atomic mass is 9.89. The Morgan fingerprint density at radius 2 is 2.04 bits per heavy atom. The average Bonchev–Trinajstić information content (AvgIpc) is 2.72. The average molecular weight is 380 g/mol. The SMILES string of the molecule is NC(=O)c1cccc2c1CCCN2CC(O)COC1CCCc2ccccc21. The maximum Gasteiger partial charge on any atom is 0.249 e. The van der Waals surface area contributed by atoms with Crippen LogP contribution in [0.4, 0.5) is 5.69 Å². The third-order valence-electron chi connectivity index (χ3n) is 5.85. The number of fused-ring (bicyclic) bond motifs is 2. The molecule has 0 saturated carbocycles. The van der Waals surface area contributed by atoms with Gasteiger partial charge in [0.2, 0.25) is 5.91 Å². The number of aliphatic hydroxyl groups excluding tert-OH is 1. The van der Waals surface area contributed by atoms with Crippen molar-refractivity contribution in [3.63, 3.8) is 0 Å². The number of hydrogen-bond donors (Lipinski definition) is 2. The number of anilines is 1. The number of rotatable bonds is 6. The Morgan fingerprint density at radius 3 is 2.89 bits per heavy atom. The van der Waals surface area contributed by atoms with E-state index in [2.05, 4.69) is 29.2 Å². The summed E-state index contributed by atoms with van der Waals surface area (Å²) < 4.78 is 6.11. The molecule has 1 amide bonds. The van der Waals surface area contributed by atoms with Gasteiger partial charge in [-0.15, -0.1) is 0 Å². The molecule has 2 aliphatic rings. The van der Waals surface area contributed by atoms with Gasteiger partial charge in [-0.05, 0) is 60.9 Å². The molecule has 5 nitrogen and oxygen atoms in total. The molecule has 2 aromatic rings. The molecule has 28 heavy (non-hydrogen) atoms. The molecular formula is C23H28N2O3. The minimum absolute atomic E-state index is 0.0645. The molecule has 1 heterocycles. The molecule has 0 radical (unpaired) electrons. The topological polar surface area (TPSA) is 75.8 Å². The summed E-state index contributed by atoms with van der Waals surface area (Å²) >= 11 is 0. The van der Waals surface area contributed by atoms with Crippen molar-refractivity contribution in [1.29, 1.82) is 0 Å². The van der Waals surface area contributed by atoms with Gasteiger partial charge in [-0.2, -0.15) is 0 Å². The lowest BCUT2D eigenvalue weighted by molar-refractivity contribution is -0.0147. The fourth-order valence-electron chi connectivity index (χ4n) is 4.54. The van der Waals surface area contributed by atoms with E-state index in [1.165, 1.54) is 11.1 Å². The predicted molar refractivity (Wildman–Crippen MR) is 110 cm³/mol. The molecule has 5 heteroatoms. The van der Waals surface area contributed by atoms with Gasteiger partial charge in [-0.1, -0.05) is 30.3 Å². The fourth-order valence-corrected chi connectivity index (χ4v) is 4.54. The number of benzene rings is 2. The number of primary amides is 1. The van der Waals surface area contributed by atoms with E-state index in [1.54, 1.807) is 6.07 Å². The van der Waals surface area contributed by atoms with Crippen LogP contribution in [0.2, 0.25) is 0 Å². The molecule has 0 aromatic heterocycles. The second-order valence-corrected chi connectivity index (χ2v) is 7.78. The van der Waals surface area contributed by atoms with E-state index in [1.807, 2.05) is 12.1 Å². The molecule has 0 spiro atoms. The van der Waals surface area contributed by atoms with Crippen molar-refractivity contribution in [3.8, 4) is 0 Å². The third kappa shape index (κ3) is 3.91. The summed E-state index contributed by atoms with van der Waals surface area (Å²) in [5.41, 5.74) is 10.7. The lowest BCUT2D eigenvalue weighted by Crippen LogP contribution is -2.39. The summed E-state index contributed by atoms with van der Waals surface area (Å²) in [7, 11) is 0. The number of nitrogens with zero attached hydrogens (tertiary/aromatic N) is 1. The zero-order valence-electron chi connectivity index (χ0n) is 16.1. The van der Waals surface area contributed by atoms with Crippen LogP contribution < -0.4 is 10.6 Å². The zero-order chi connectivity index (χ0) is 19.5. The van der Waals surface area contributed by atoms with Crippen LogP contribution in [-0.4, -0.2) is 36.8 Å². The van der Waals surface area contributed by atoms with E-state index in [-0.39, 0.29) is 6.10 Å². The Kier molecular flexibility index (Phi) is 5.64. The van der Waals surface area contributed by atoms with Gasteiger partial charge in [0, 0.05) is 24.3 Å². The zero-order valence-corrected chi connectivity index (χ0v) is 16.1. The summed E-state index contributed by atoms with van der Waals surface area (Å²) in [6.07, 6.45) is 4.49. The van der Waals surface area contributed by atoms with Crippen LogP contribution in [0.3, 0.4) is 0 Å². The highest BCUT2D eigenvalue weighted by Crippen LogP contribution is 2.33. The molecule has 3 N–H and O–H groups in total. The monoisotopic (exact) mass is 380 g/mol. The maximum absolute atomic E-state index is 11.7. The molecule has 4 rings (SSSR count). The molecule has 0 saturated heterocycles. The van der Waals surface area contributed by atoms with Crippen molar-refractivity contribution in [1.82, 2.24) is 0 Å². The highest BCUT2D eigenvalue weighted by Gasteiger charge is 2.25. The first-order valence-corrected chi connectivity index (χ1v) is 10.2. The Labute approximate surface area is 166 Å². The van der Waals surface area contributed by atoms with Crippen LogP contribution >= 0.6 is 0 Å². The number of aliphatic hydroxyl groups is 1. The normalized spacial score (nSPS) is 19.6. The van der Waals surface area contributed by atoms with E-state index in [0.29, 0.717) is 18.7 Å². The molecule has 2 atom stereocenters. The molecule has 1 aliphatic heterocycles. The van der Waals surface area contributed by atoms with Crippen LogP contribution in [0.25, 0.3) is 0 Å². The minimum atomic E-state index is -0.586. The minimum Gasteiger partial charge on any atom is -0.389 e. The van der Waals surface area contributed by atoms with Gasteiger partial charge in [0.1, 0.15) is 0 Å². The highest BCUT2D eigenvalue weighted by molar-refractivity contribution is 5.96. The van der Waals surface area contributed by atoms with Crippen molar-refractivity contribution < 1.29 is 14.6 Å². The summed E-state index contributed by atoms with van der Waals surface area (Å²) in [4.78, 5) is 13.9. The van der Waals surface area contributed by atoms with Crippen molar-refractivity contribution in [2.75, 3.05) is 24.6 Å². The Hall–Kier alpha value is -2.37. The van der Waals surface area contributed by atoms with E-state index in [4.69, 9.17) is 10.5 Å². The number of nitrogens with two attached hydrogens (primary N) is 1. The maximum atomic E-state index is 11.7. The second-order valence-electron chi connectivity index (χ2n) is 7.78. The predicted octanol–water partition coefficient (Wildman–Crippen LogP) is 2.99. The smallest absolute Gasteiger partial charge is 0.249 e. The Bertz CT molecular complexity index is 851. The van der Waals surface area contributed by atoms with Crippen LogP contribution in [-0.2, 0) is 17.6 Å². The first kappa shape index (κ1) is 19.0. The van der Waals surface area contributed by atoms with Gasteiger partial charge in [0.05, 0.1) is 18.8 Å². The van der Waals surface area contributed by atoms with Crippen molar-refractivity contribution >= 4 is 11.6 Å². The number of β-amino-alcohol motifs (C(OH)–C–C–N with tert-alkyl or cyclic N) is 1. The molecule has 148 valence electrons. The Morgan fingerprint density at radius 1 is 1.18 bits per heavy atom. The van der Waals surface area contributed by atoms with Gasteiger partial charge in [0.15, 0.2) is 0 Å². The summed E-state index contributed by atoms with van der Waals surface area (Å²) in [6.45, 7) is 1.66. The van der Waals surface area contributed by atoms with E-state index >= 15 is 0 Å². The molecule has 0 bridgehead atoms. The summed E-state index contributed by atoms with van der Waals surface area (Å²) in [5.74, 6) is -0.390. The lowest BCUT2D eigenvalue weighted by Gasteiger charge is -2.34. The number of hydrogen-bond acceptors (Lipinski definition) is 4. The molecule has 0 fully saturated rings. The van der Waals surface area contributed by atoms with Gasteiger partial charge in [0.25, 0.3) is 0 Å². The summed E-state index contributed by atoms with van der Waals surface area (Å²) in [5, 5.41) is 10.6. The molecule has 1 aliphatic carbocycles. The number of carbonyl (C=O) groups is 1. The fraction of sp³-hybridized carbons (Fsp3) is 0.435. The Balaban J connectivity index is 1.40. The first-order chi connectivity index (χ1) is 13.6. The quantitative estimate of drug-likeness (QED) is 0.808. The highest BCUT2D eigenvalue weighted by atomic mass is 16.5. The second kappa shape index (κ2) is 8.33. The van der Waals surface area contributed by atoms with E-state index < -0.39 is 12.0 Å². The van der Waals surface area contributed by atoms with Gasteiger partial charge in [-0.3, -0.25) is 4.79 Å². The number of amides is 1. The van der Waals surface area contributed by atoms with E-state index in [0.717, 1.165) is 49.9 Å². The number of aryl methyl sites for hydroxylation is 1. The third-order valence-corrected chi connectivity index (χ3v) is 5.85.